The molecule has 3 rings (SSSR count). The van der Waals surface area contributed by atoms with Gasteiger partial charge in [0, 0.05) is 36.8 Å². The Morgan fingerprint density at radius 2 is 2.00 bits per heavy atom. The quantitative estimate of drug-likeness (QED) is 0.815. The average molecular weight is 359 g/mol. The summed E-state index contributed by atoms with van der Waals surface area (Å²) in [7, 11) is 0. The minimum Gasteiger partial charge on any atom is -0.354 e. The van der Waals surface area contributed by atoms with Crippen molar-refractivity contribution < 1.29 is 4.79 Å². The lowest BCUT2D eigenvalue weighted by atomic mass is 9.97. The fourth-order valence-corrected chi connectivity index (χ4v) is 3.57. The molecule has 1 aromatic heterocycles. The second-order valence-corrected chi connectivity index (χ2v) is 6.77. The third kappa shape index (κ3) is 2.79. The Morgan fingerprint density at radius 1 is 1.30 bits per heavy atom. The molecule has 0 N–H and O–H groups in total. The van der Waals surface area contributed by atoms with Gasteiger partial charge in [-0.25, -0.2) is 4.98 Å². The molecule has 20 heavy (non-hydrogen) atoms. The zero-order chi connectivity index (χ0) is 14.1. The van der Waals surface area contributed by atoms with Gasteiger partial charge in [-0.05, 0) is 41.3 Å². The number of rotatable bonds is 2. The van der Waals surface area contributed by atoms with E-state index in [4.69, 9.17) is 11.6 Å². The van der Waals surface area contributed by atoms with E-state index >= 15 is 0 Å². The summed E-state index contributed by atoms with van der Waals surface area (Å²) in [6.45, 7) is 3.30. The number of pyridine rings is 1. The molecule has 0 aliphatic carbocycles. The Hall–Kier alpha value is -0.810. The molecule has 0 atom stereocenters. The third-order valence-electron chi connectivity index (χ3n) is 3.99. The third-order valence-corrected chi connectivity index (χ3v) is 4.70. The van der Waals surface area contributed by atoms with Crippen LogP contribution < -0.4 is 4.90 Å². The van der Waals surface area contributed by atoms with E-state index in [1.165, 1.54) is 6.42 Å². The maximum Gasteiger partial charge on any atom is 0.229 e. The van der Waals surface area contributed by atoms with E-state index in [1.807, 2.05) is 11.0 Å². The van der Waals surface area contributed by atoms with Crippen LogP contribution in [0.3, 0.4) is 0 Å². The van der Waals surface area contributed by atoms with Crippen LogP contribution >= 0.6 is 27.5 Å². The number of aromatic nitrogens is 1. The molecule has 2 aliphatic rings. The Bertz CT molecular complexity index is 513. The van der Waals surface area contributed by atoms with Gasteiger partial charge in [-0.2, -0.15) is 0 Å². The summed E-state index contributed by atoms with van der Waals surface area (Å²) in [5.74, 6) is 1.18. The van der Waals surface area contributed by atoms with Gasteiger partial charge in [-0.15, -0.1) is 0 Å². The highest BCUT2D eigenvalue weighted by Gasteiger charge is 2.37. The smallest absolute Gasteiger partial charge is 0.229 e. The lowest BCUT2D eigenvalue weighted by Crippen LogP contribution is -2.55. The fourth-order valence-electron chi connectivity index (χ4n) is 2.82. The number of carbonyl (C=O) groups is 1. The largest absolute Gasteiger partial charge is 0.354 e. The Labute approximate surface area is 132 Å². The number of hydrogen-bond acceptors (Lipinski definition) is 3. The molecule has 0 saturated carbocycles. The first-order chi connectivity index (χ1) is 9.65. The lowest BCUT2D eigenvalue weighted by molar-refractivity contribution is -0.137. The maximum absolute atomic E-state index is 12.3. The van der Waals surface area contributed by atoms with E-state index in [1.54, 1.807) is 6.20 Å². The van der Waals surface area contributed by atoms with Crippen LogP contribution in [-0.4, -0.2) is 42.0 Å². The van der Waals surface area contributed by atoms with Crippen molar-refractivity contribution in [2.75, 3.05) is 31.1 Å². The molecule has 0 aromatic carbocycles. The lowest BCUT2D eigenvalue weighted by Gasteiger charge is -2.42. The van der Waals surface area contributed by atoms with Crippen molar-refractivity contribution in [1.82, 2.24) is 9.88 Å². The maximum atomic E-state index is 12.3. The summed E-state index contributed by atoms with van der Waals surface area (Å²) >= 11 is 9.53. The van der Waals surface area contributed by atoms with Crippen LogP contribution in [0.4, 0.5) is 5.82 Å². The second kappa shape index (κ2) is 5.90. The second-order valence-electron chi connectivity index (χ2n) is 5.45. The van der Waals surface area contributed by atoms with E-state index < -0.39 is 0 Å². The standard InChI is InChI=1S/C14H17BrClN3O/c15-11-6-12(16)13(17-7-11)19-8-10(9-19)14(20)18-4-2-1-3-5-18/h6-7,10H,1-5,8-9H2. The van der Waals surface area contributed by atoms with Gasteiger partial charge < -0.3 is 9.80 Å². The first kappa shape index (κ1) is 14.1. The fraction of sp³-hybridized carbons (Fsp3) is 0.571. The first-order valence-corrected chi connectivity index (χ1v) is 8.17. The molecule has 2 fully saturated rings. The van der Waals surface area contributed by atoms with Gasteiger partial charge in [0.15, 0.2) is 0 Å². The van der Waals surface area contributed by atoms with E-state index in [0.717, 1.165) is 49.3 Å². The predicted octanol–water partition coefficient (Wildman–Crippen LogP) is 2.95. The van der Waals surface area contributed by atoms with Crippen LogP contribution in [0, 0.1) is 5.92 Å². The number of likely N-dealkylation sites (tertiary alicyclic amines) is 1. The number of nitrogens with zero attached hydrogens (tertiary/aromatic N) is 3. The molecule has 1 amide bonds. The van der Waals surface area contributed by atoms with Gasteiger partial charge in [0.2, 0.25) is 5.91 Å². The van der Waals surface area contributed by atoms with Crippen LogP contribution in [0.1, 0.15) is 19.3 Å². The number of halogens is 2. The van der Waals surface area contributed by atoms with Crippen molar-refractivity contribution in [3.63, 3.8) is 0 Å². The van der Waals surface area contributed by atoms with Crippen molar-refractivity contribution in [1.29, 1.82) is 0 Å². The van der Waals surface area contributed by atoms with Gasteiger partial charge in [0.05, 0.1) is 10.9 Å². The molecular weight excluding hydrogens is 342 g/mol. The van der Waals surface area contributed by atoms with E-state index in [9.17, 15) is 4.79 Å². The summed E-state index contributed by atoms with van der Waals surface area (Å²) in [4.78, 5) is 20.7. The summed E-state index contributed by atoms with van der Waals surface area (Å²) in [5.41, 5.74) is 0. The monoisotopic (exact) mass is 357 g/mol. The van der Waals surface area contributed by atoms with Crippen LogP contribution in [0.5, 0.6) is 0 Å². The molecular formula is C14H17BrClN3O. The first-order valence-electron chi connectivity index (χ1n) is 7.00. The molecule has 0 radical (unpaired) electrons. The van der Waals surface area contributed by atoms with Gasteiger partial charge >= 0.3 is 0 Å². The van der Waals surface area contributed by atoms with E-state index in [2.05, 4.69) is 25.8 Å². The van der Waals surface area contributed by atoms with Gasteiger partial charge in [-0.3, -0.25) is 4.79 Å². The van der Waals surface area contributed by atoms with Crippen LogP contribution in [0.2, 0.25) is 5.02 Å². The molecule has 0 unspecified atom stereocenters. The van der Waals surface area contributed by atoms with Gasteiger partial charge in [-0.1, -0.05) is 11.6 Å². The molecule has 2 saturated heterocycles. The van der Waals surface area contributed by atoms with Crippen molar-refractivity contribution in [2.45, 2.75) is 19.3 Å². The predicted molar refractivity (Wildman–Crippen MR) is 83.1 cm³/mol. The zero-order valence-corrected chi connectivity index (χ0v) is 13.5. The number of piperidine rings is 1. The minimum atomic E-state index is 0.106. The number of anilines is 1. The van der Waals surface area contributed by atoms with Crippen molar-refractivity contribution >= 4 is 39.3 Å². The van der Waals surface area contributed by atoms with Crippen molar-refractivity contribution in [3.05, 3.63) is 21.8 Å². The number of hydrogen-bond donors (Lipinski definition) is 0. The van der Waals surface area contributed by atoms with Crippen molar-refractivity contribution in [3.8, 4) is 0 Å². The molecule has 2 aliphatic heterocycles. The molecule has 108 valence electrons. The highest BCUT2D eigenvalue weighted by Crippen LogP contribution is 2.32. The minimum absolute atomic E-state index is 0.106. The molecule has 0 bridgehead atoms. The highest BCUT2D eigenvalue weighted by molar-refractivity contribution is 9.10. The van der Waals surface area contributed by atoms with Gasteiger partial charge in [0.25, 0.3) is 0 Å². The van der Waals surface area contributed by atoms with Crippen molar-refractivity contribution in [2.24, 2.45) is 5.92 Å². The summed E-state index contributed by atoms with van der Waals surface area (Å²) < 4.78 is 0.868. The van der Waals surface area contributed by atoms with Gasteiger partial charge in [0.1, 0.15) is 5.82 Å². The normalized spacial score (nSPS) is 19.9. The van der Waals surface area contributed by atoms with Crippen LogP contribution in [-0.2, 0) is 4.79 Å². The van der Waals surface area contributed by atoms with E-state index in [-0.39, 0.29) is 5.92 Å². The average Bonchev–Trinajstić information content (AvgIpc) is 2.40. The summed E-state index contributed by atoms with van der Waals surface area (Å²) in [6, 6.07) is 1.84. The molecule has 6 heteroatoms. The van der Waals surface area contributed by atoms with E-state index in [0.29, 0.717) is 10.9 Å². The topological polar surface area (TPSA) is 36.4 Å². The zero-order valence-electron chi connectivity index (χ0n) is 11.2. The summed E-state index contributed by atoms with van der Waals surface area (Å²) in [6.07, 6.45) is 5.27. The molecule has 0 spiro atoms. The Morgan fingerprint density at radius 3 is 2.65 bits per heavy atom. The number of amides is 1. The van der Waals surface area contributed by atoms with Crippen LogP contribution in [0.25, 0.3) is 0 Å². The molecule has 1 aromatic rings. The Kier molecular flexibility index (Phi) is 4.17. The molecule has 3 heterocycles. The molecule has 4 nitrogen and oxygen atoms in total. The SMILES string of the molecule is O=C(C1CN(c2ncc(Br)cc2Cl)C1)N1CCCCC1. The summed E-state index contributed by atoms with van der Waals surface area (Å²) in [5, 5.41) is 0.628. The number of carbonyl (C=O) groups excluding carboxylic acids is 1. The highest BCUT2D eigenvalue weighted by atomic mass is 79.9. The Balaban J connectivity index is 1.59. The van der Waals surface area contributed by atoms with Crippen LogP contribution in [0.15, 0.2) is 16.7 Å².